The van der Waals surface area contributed by atoms with Crippen LogP contribution in [0, 0.1) is 0 Å². The van der Waals surface area contributed by atoms with Crippen molar-refractivity contribution in [1.29, 1.82) is 0 Å². The van der Waals surface area contributed by atoms with E-state index in [2.05, 4.69) is 21.3 Å². The van der Waals surface area contributed by atoms with Crippen molar-refractivity contribution in [2.75, 3.05) is 31.2 Å². The Kier molecular flexibility index (Phi) is 4.96. The molecule has 0 radical (unpaired) electrons. The van der Waals surface area contributed by atoms with E-state index in [-0.39, 0.29) is 11.7 Å². The summed E-state index contributed by atoms with van der Waals surface area (Å²) in [6.07, 6.45) is 1.55. The lowest BCUT2D eigenvalue weighted by atomic mass is 10.1. The molecule has 1 amide bonds. The fraction of sp³-hybridized carbons (Fsp3) is 0.333. The zero-order chi connectivity index (χ0) is 16.9. The Morgan fingerprint density at radius 1 is 1.25 bits per heavy atom. The molecule has 1 saturated heterocycles. The van der Waals surface area contributed by atoms with Crippen LogP contribution < -0.4 is 10.2 Å². The van der Waals surface area contributed by atoms with E-state index in [4.69, 9.17) is 4.74 Å². The Bertz CT molecular complexity index is 733. The maximum absolute atomic E-state index is 12.3. The highest BCUT2D eigenvalue weighted by molar-refractivity contribution is 5.99. The van der Waals surface area contributed by atoms with Gasteiger partial charge in [0.15, 0.2) is 5.78 Å². The summed E-state index contributed by atoms with van der Waals surface area (Å²) in [5.41, 5.74) is 3.08. The number of nitrogens with zero attached hydrogens (tertiary/aromatic N) is 1. The number of carbonyl (C=O) groups excluding carboxylic acids is 2. The molecule has 0 unspecified atom stereocenters. The third-order valence-electron chi connectivity index (χ3n) is 4.12. The van der Waals surface area contributed by atoms with Gasteiger partial charge in [-0.1, -0.05) is 18.2 Å². The number of ketones is 1. The molecule has 1 aliphatic heterocycles. The molecule has 2 heterocycles. The number of hydrogen-bond donors (Lipinski definition) is 2. The summed E-state index contributed by atoms with van der Waals surface area (Å²) in [6, 6.07) is 9.62. The molecule has 1 aromatic carbocycles. The minimum Gasteiger partial charge on any atom is -0.378 e. The van der Waals surface area contributed by atoms with E-state index < -0.39 is 0 Å². The first-order valence-corrected chi connectivity index (χ1v) is 8.03. The number of hydrogen-bond acceptors (Lipinski definition) is 4. The number of para-hydroxylation sites is 1. The average molecular weight is 327 g/mol. The first-order valence-electron chi connectivity index (χ1n) is 8.03. The van der Waals surface area contributed by atoms with Crippen LogP contribution in [0.1, 0.15) is 33.3 Å². The fourth-order valence-electron chi connectivity index (χ4n) is 2.77. The van der Waals surface area contributed by atoms with Crippen molar-refractivity contribution in [3.63, 3.8) is 0 Å². The summed E-state index contributed by atoms with van der Waals surface area (Å²) >= 11 is 0. The molecule has 0 spiro atoms. The van der Waals surface area contributed by atoms with Gasteiger partial charge in [0.25, 0.3) is 5.91 Å². The molecule has 24 heavy (non-hydrogen) atoms. The Hall–Kier alpha value is -2.60. The molecule has 6 nitrogen and oxygen atoms in total. The van der Waals surface area contributed by atoms with E-state index in [1.165, 1.54) is 6.92 Å². The monoisotopic (exact) mass is 327 g/mol. The predicted molar refractivity (Wildman–Crippen MR) is 91.4 cm³/mol. The second kappa shape index (κ2) is 7.31. The van der Waals surface area contributed by atoms with Crippen LogP contribution in [0.15, 0.2) is 36.5 Å². The van der Waals surface area contributed by atoms with Gasteiger partial charge in [-0.2, -0.15) is 0 Å². The Labute approximate surface area is 140 Å². The van der Waals surface area contributed by atoms with Crippen molar-refractivity contribution in [1.82, 2.24) is 10.3 Å². The summed E-state index contributed by atoms with van der Waals surface area (Å²) in [7, 11) is 0. The molecule has 2 N–H and O–H groups in total. The van der Waals surface area contributed by atoms with Gasteiger partial charge in [-0.25, -0.2) is 0 Å². The third kappa shape index (κ3) is 3.65. The zero-order valence-electron chi connectivity index (χ0n) is 13.7. The maximum Gasteiger partial charge on any atom is 0.267 e. The molecular formula is C18H21N3O3. The summed E-state index contributed by atoms with van der Waals surface area (Å²) < 4.78 is 5.40. The van der Waals surface area contributed by atoms with E-state index in [0.717, 1.165) is 37.6 Å². The van der Waals surface area contributed by atoms with Crippen LogP contribution in [0.4, 0.5) is 5.69 Å². The van der Waals surface area contributed by atoms with Crippen LogP contribution >= 0.6 is 0 Å². The number of aromatic amines is 1. The van der Waals surface area contributed by atoms with Crippen LogP contribution in [-0.4, -0.2) is 43.0 Å². The highest BCUT2D eigenvalue weighted by Gasteiger charge is 2.15. The minimum absolute atomic E-state index is 0.0667. The highest BCUT2D eigenvalue weighted by Crippen LogP contribution is 2.21. The van der Waals surface area contributed by atoms with Crippen LogP contribution in [0.2, 0.25) is 0 Å². The molecular weight excluding hydrogens is 306 g/mol. The highest BCUT2D eigenvalue weighted by atomic mass is 16.5. The van der Waals surface area contributed by atoms with Crippen molar-refractivity contribution in [3.05, 3.63) is 53.3 Å². The van der Waals surface area contributed by atoms with Crippen molar-refractivity contribution in [2.24, 2.45) is 0 Å². The number of benzene rings is 1. The molecule has 1 fully saturated rings. The molecule has 1 aromatic heterocycles. The van der Waals surface area contributed by atoms with E-state index in [1.807, 2.05) is 18.2 Å². The largest absolute Gasteiger partial charge is 0.378 e. The van der Waals surface area contributed by atoms with Crippen LogP contribution in [0.25, 0.3) is 0 Å². The Morgan fingerprint density at radius 3 is 2.71 bits per heavy atom. The first kappa shape index (κ1) is 16.3. The molecule has 1 aliphatic rings. The number of amides is 1. The van der Waals surface area contributed by atoms with Crippen molar-refractivity contribution < 1.29 is 14.3 Å². The van der Waals surface area contributed by atoms with Gasteiger partial charge in [0.2, 0.25) is 0 Å². The fourth-order valence-corrected chi connectivity index (χ4v) is 2.77. The number of Topliss-reactive ketones (excluding diaryl/α,β-unsaturated/α-hetero) is 1. The number of H-pyrrole nitrogens is 1. The molecule has 6 heteroatoms. The number of carbonyl (C=O) groups is 2. The first-order chi connectivity index (χ1) is 11.6. The van der Waals surface area contributed by atoms with Crippen LogP contribution in [-0.2, 0) is 11.3 Å². The van der Waals surface area contributed by atoms with Crippen molar-refractivity contribution in [2.45, 2.75) is 13.5 Å². The molecule has 3 rings (SSSR count). The van der Waals surface area contributed by atoms with E-state index in [0.29, 0.717) is 17.8 Å². The van der Waals surface area contributed by atoms with Crippen LogP contribution in [0.3, 0.4) is 0 Å². The number of nitrogens with one attached hydrogen (secondary N) is 2. The van der Waals surface area contributed by atoms with Gasteiger partial charge in [0.1, 0.15) is 5.69 Å². The zero-order valence-corrected chi connectivity index (χ0v) is 13.7. The van der Waals surface area contributed by atoms with E-state index in [9.17, 15) is 9.59 Å². The Balaban J connectivity index is 1.67. The SMILES string of the molecule is CC(=O)c1c[nH]c(C(=O)NCc2ccccc2N2CCOCC2)c1. The normalized spacial score (nSPS) is 14.5. The molecule has 126 valence electrons. The minimum atomic E-state index is -0.223. The maximum atomic E-state index is 12.3. The lowest BCUT2D eigenvalue weighted by Crippen LogP contribution is -2.37. The van der Waals surface area contributed by atoms with Gasteiger partial charge < -0.3 is 19.9 Å². The number of aromatic nitrogens is 1. The second-order valence-electron chi connectivity index (χ2n) is 5.77. The van der Waals surface area contributed by atoms with Gasteiger partial charge in [-0.05, 0) is 24.6 Å². The molecule has 2 aromatic rings. The molecule has 0 saturated carbocycles. The van der Waals surface area contributed by atoms with Gasteiger partial charge in [0, 0.05) is 37.1 Å². The number of rotatable bonds is 5. The average Bonchev–Trinajstić information content (AvgIpc) is 3.11. The van der Waals surface area contributed by atoms with Crippen LogP contribution in [0.5, 0.6) is 0 Å². The summed E-state index contributed by atoms with van der Waals surface area (Å²) in [5.74, 6) is -0.290. The lowest BCUT2D eigenvalue weighted by molar-refractivity contribution is 0.0946. The van der Waals surface area contributed by atoms with Gasteiger partial charge in [0.05, 0.1) is 13.2 Å². The van der Waals surface area contributed by atoms with E-state index >= 15 is 0 Å². The van der Waals surface area contributed by atoms with Gasteiger partial charge >= 0.3 is 0 Å². The summed E-state index contributed by atoms with van der Waals surface area (Å²) in [5, 5.41) is 2.91. The summed E-state index contributed by atoms with van der Waals surface area (Å²) in [4.78, 5) is 28.7. The van der Waals surface area contributed by atoms with Crippen molar-refractivity contribution >= 4 is 17.4 Å². The molecule has 0 atom stereocenters. The lowest BCUT2D eigenvalue weighted by Gasteiger charge is -2.30. The molecule has 0 bridgehead atoms. The Morgan fingerprint density at radius 2 is 2.00 bits per heavy atom. The van der Waals surface area contributed by atoms with Gasteiger partial charge in [-0.15, -0.1) is 0 Å². The second-order valence-corrected chi connectivity index (χ2v) is 5.77. The number of anilines is 1. The molecule has 0 aliphatic carbocycles. The number of morpholine rings is 1. The van der Waals surface area contributed by atoms with Crippen molar-refractivity contribution in [3.8, 4) is 0 Å². The quantitative estimate of drug-likeness (QED) is 0.824. The number of ether oxygens (including phenoxy) is 1. The predicted octanol–water partition coefficient (Wildman–Crippen LogP) is 1.98. The smallest absolute Gasteiger partial charge is 0.267 e. The van der Waals surface area contributed by atoms with E-state index in [1.54, 1.807) is 12.3 Å². The topological polar surface area (TPSA) is 74.4 Å². The standard InChI is InChI=1S/C18H21N3O3/c1-13(22)15-10-16(19-12-15)18(23)20-11-14-4-2-3-5-17(14)21-6-8-24-9-7-21/h2-5,10,12,19H,6-9,11H2,1H3,(H,20,23). The summed E-state index contributed by atoms with van der Waals surface area (Å²) in [6.45, 7) is 5.05. The third-order valence-corrected chi connectivity index (χ3v) is 4.12. The van der Waals surface area contributed by atoms with Gasteiger partial charge in [-0.3, -0.25) is 9.59 Å².